The number of carbonyl (C=O) groups excluding carboxylic acids is 1. The topological polar surface area (TPSA) is 107 Å². The quantitative estimate of drug-likeness (QED) is 0.328. The molecule has 12 atom stereocenters. The number of esters is 1. The highest BCUT2D eigenvalue weighted by Gasteiger charge is 2.84. The van der Waals surface area contributed by atoms with Crippen LogP contribution in [0.3, 0.4) is 0 Å². The van der Waals surface area contributed by atoms with Gasteiger partial charge in [0, 0.05) is 67.9 Å². The summed E-state index contributed by atoms with van der Waals surface area (Å²) in [6.45, 7) is 4.69. The Morgan fingerprint density at radius 1 is 1.12 bits per heavy atom. The lowest BCUT2D eigenvalue weighted by Crippen LogP contribution is -2.76. The molecule has 0 unspecified atom stereocenters. The van der Waals surface area contributed by atoms with Crippen LogP contribution in [0.15, 0.2) is 24.3 Å². The Hall–Kier alpha value is -2.17. The molecule has 1 spiro atoms. The fourth-order valence-corrected chi connectivity index (χ4v) is 11.8. The number of nitrogens with zero attached hydrogens (tertiary/aromatic N) is 1. The summed E-state index contributed by atoms with van der Waals surface area (Å²) in [5, 5.41) is 25.0. The Balaban J connectivity index is 1.25. The number of aliphatic hydroxyl groups is 2. The lowest BCUT2D eigenvalue weighted by Gasteiger charge is -2.69. The lowest BCUT2D eigenvalue weighted by atomic mass is 9.43. The summed E-state index contributed by atoms with van der Waals surface area (Å²) in [4.78, 5) is 16.0. The molecule has 1 saturated heterocycles. The normalized spacial score (nSPS) is 45.8. The van der Waals surface area contributed by atoms with Crippen molar-refractivity contribution in [1.29, 1.82) is 0 Å². The van der Waals surface area contributed by atoms with E-state index in [1.165, 1.54) is 6.08 Å². The first-order chi connectivity index (χ1) is 20.7. The van der Waals surface area contributed by atoms with Crippen molar-refractivity contribution in [3.05, 3.63) is 29.8 Å². The molecule has 236 valence electrons. The van der Waals surface area contributed by atoms with Gasteiger partial charge in [0.1, 0.15) is 6.10 Å². The smallest absolute Gasteiger partial charge is 0.331 e. The van der Waals surface area contributed by atoms with Gasteiger partial charge in [-0.3, -0.25) is 4.90 Å². The van der Waals surface area contributed by atoms with Gasteiger partial charge in [0.15, 0.2) is 11.5 Å². The van der Waals surface area contributed by atoms with Crippen molar-refractivity contribution < 1.29 is 38.7 Å². The van der Waals surface area contributed by atoms with Crippen molar-refractivity contribution in [2.45, 2.75) is 69.0 Å². The molecule has 2 N–H and O–H groups in total. The van der Waals surface area contributed by atoms with E-state index in [9.17, 15) is 15.0 Å². The largest absolute Gasteiger partial charge is 0.493 e. The number of carbonyl (C=O) groups is 1. The predicted molar refractivity (Wildman–Crippen MR) is 159 cm³/mol. The van der Waals surface area contributed by atoms with E-state index in [1.54, 1.807) is 40.6 Å². The first-order valence-corrected chi connectivity index (χ1v) is 16.0. The Labute approximate surface area is 254 Å². The molecule has 5 aliphatic carbocycles. The molecule has 43 heavy (non-hydrogen) atoms. The summed E-state index contributed by atoms with van der Waals surface area (Å²) < 4.78 is 29.0. The molecular weight excluding hydrogens is 550 g/mol. The molecule has 1 aromatic rings. The van der Waals surface area contributed by atoms with Crippen LogP contribution in [0.4, 0.5) is 0 Å². The number of hydrogen-bond acceptors (Lipinski definition) is 9. The Kier molecular flexibility index (Phi) is 7.17. The zero-order valence-corrected chi connectivity index (χ0v) is 26.0. The number of hydrogen-bond donors (Lipinski definition) is 2. The summed E-state index contributed by atoms with van der Waals surface area (Å²) in [5.74, 6) is 0.767. The third kappa shape index (κ3) is 3.84. The van der Waals surface area contributed by atoms with Gasteiger partial charge in [-0.2, -0.15) is 0 Å². The second kappa shape index (κ2) is 10.4. The highest BCUT2D eigenvalue weighted by atomic mass is 16.6. The van der Waals surface area contributed by atoms with E-state index >= 15 is 0 Å². The van der Waals surface area contributed by atoms with Crippen molar-refractivity contribution in [1.82, 2.24) is 4.90 Å². The molecule has 0 radical (unpaired) electrons. The van der Waals surface area contributed by atoms with E-state index in [4.69, 9.17) is 23.7 Å². The summed E-state index contributed by atoms with van der Waals surface area (Å²) in [5.41, 5.74) is -0.655. The van der Waals surface area contributed by atoms with Gasteiger partial charge >= 0.3 is 5.97 Å². The van der Waals surface area contributed by atoms with Crippen LogP contribution in [0.25, 0.3) is 6.08 Å². The van der Waals surface area contributed by atoms with Crippen LogP contribution < -0.4 is 9.47 Å². The van der Waals surface area contributed by atoms with Crippen LogP contribution in [-0.4, -0.2) is 99.2 Å². The molecule has 9 nitrogen and oxygen atoms in total. The van der Waals surface area contributed by atoms with Crippen LogP contribution >= 0.6 is 0 Å². The Bertz CT molecular complexity index is 1290. The first-order valence-electron chi connectivity index (χ1n) is 16.0. The second-order valence-corrected chi connectivity index (χ2v) is 14.1. The number of aliphatic hydroxyl groups excluding tert-OH is 1. The maximum atomic E-state index is 13.4. The third-order valence-corrected chi connectivity index (χ3v) is 12.9. The Morgan fingerprint density at radius 3 is 2.60 bits per heavy atom. The standard InChI is InChI=1S/C34H47NO8/c1-6-35-17-32(18-39-2)12-11-27(36)34-21-14-20-25(42-5)16-33(38,22(31(34)35)15-26(32)34)29(21)30(20)43-28(37)10-8-19-7-9-23(40-3)24(13-19)41-4/h7-10,13,20-22,25-27,29-31,36,38H,6,11-12,14-18H2,1-5H3/b10-8+/t20-,21-,22+,25+,26-,27+,29-,30+,31-,32+,33+,34-/m1/s1. The lowest BCUT2D eigenvalue weighted by molar-refractivity contribution is -0.273. The third-order valence-electron chi connectivity index (χ3n) is 12.9. The van der Waals surface area contributed by atoms with Crippen molar-refractivity contribution >= 4 is 12.0 Å². The molecule has 7 rings (SSSR count). The second-order valence-electron chi connectivity index (χ2n) is 14.1. The van der Waals surface area contributed by atoms with E-state index < -0.39 is 23.8 Å². The molecule has 6 fully saturated rings. The summed E-state index contributed by atoms with van der Waals surface area (Å²) in [6, 6.07) is 5.57. The van der Waals surface area contributed by atoms with E-state index in [0.29, 0.717) is 24.5 Å². The minimum Gasteiger partial charge on any atom is -0.493 e. The average molecular weight is 598 g/mol. The fraction of sp³-hybridized carbons (Fsp3) is 0.735. The fourth-order valence-electron chi connectivity index (χ4n) is 11.8. The zero-order chi connectivity index (χ0) is 30.3. The van der Waals surface area contributed by atoms with Gasteiger partial charge in [0.05, 0.1) is 38.6 Å². The van der Waals surface area contributed by atoms with Crippen LogP contribution in [0.2, 0.25) is 0 Å². The van der Waals surface area contributed by atoms with Crippen LogP contribution in [0.1, 0.15) is 44.6 Å². The summed E-state index contributed by atoms with van der Waals surface area (Å²) in [6.07, 6.45) is 5.90. The number of fused-ring (bicyclic) bond motifs is 2. The van der Waals surface area contributed by atoms with Gasteiger partial charge in [0.25, 0.3) is 0 Å². The van der Waals surface area contributed by atoms with Crippen LogP contribution in [0.5, 0.6) is 11.5 Å². The van der Waals surface area contributed by atoms with Crippen molar-refractivity contribution in [3.8, 4) is 11.5 Å². The maximum Gasteiger partial charge on any atom is 0.331 e. The summed E-state index contributed by atoms with van der Waals surface area (Å²) in [7, 11) is 6.66. The SMILES string of the molecule is CCN1C[C@]2(COC)CC[C@H](O)[C@@]34[C@@H]5C[C@H]6[C@H](OC(=O)/C=C/c7ccc(OC)c(OC)c7)[C@@H]5[C@](O)(C[C@@H]6OC)[C@@H](C[C@H]23)[C@@H]14. The minimum atomic E-state index is -1.04. The van der Waals surface area contributed by atoms with Crippen molar-refractivity contribution in [2.75, 3.05) is 48.1 Å². The molecule has 1 aliphatic heterocycles. The molecule has 0 aromatic heterocycles. The van der Waals surface area contributed by atoms with E-state index in [2.05, 4.69) is 11.8 Å². The van der Waals surface area contributed by atoms with Gasteiger partial charge in [-0.1, -0.05) is 13.0 Å². The predicted octanol–water partition coefficient (Wildman–Crippen LogP) is 3.16. The molecular formula is C34H47NO8. The average Bonchev–Trinajstić information content (AvgIpc) is 3.47. The maximum absolute atomic E-state index is 13.4. The molecule has 1 heterocycles. The molecule has 6 aliphatic rings. The van der Waals surface area contributed by atoms with E-state index in [1.807, 2.05) is 12.1 Å². The highest BCUT2D eigenvalue weighted by Crippen LogP contribution is 2.79. The monoisotopic (exact) mass is 597 g/mol. The van der Waals surface area contributed by atoms with Gasteiger partial charge in [-0.25, -0.2) is 4.79 Å². The first kappa shape index (κ1) is 29.5. The van der Waals surface area contributed by atoms with Crippen molar-refractivity contribution in [3.63, 3.8) is 0 Å². The number of rotatable bonds is 9. The number of ether oxygens (including phenoxy) is 5. The van der Waals surface area contributed by atoms with E-state index in [-0.39, 0.29) is 52.6 Å². The number of piperidine rings is 1. The Morgan fingerprint density at radius 2 is 1.91 bits per heavy atom. The highest BCUT2D eigenvalue weighted by molar-refractivity contribution is 5.87. The van der Waals surface area contributed by atoms with Gasteiger partial charge in [-0.05, 0) is 67.8 Å². The van der Waals surface area contributed by atoms with Crippen LogP contribution in [0, 0.1) is 40.4 Å². The zero-order valence-electron chi connectivity index (χ0n) is 26.0. The van der Waals surface area contributed by atoms with Gasteiger partial charge < -0.3 is 33.9 Å². The summed E-state index contributed by atoms with van der Waals surface area (Å²) >= 11 is 0. The number of likely N-dealkylation sites (tertiary alicyclic amines) is 1. The number of benzene rings is 1. The molecule has 0 amide bonds. The molecule has 7 bridgehead atoms. The number of methoxy groups -OCH3 is 4. The molecule has 9 heteroatoms. The van der Waals surface area contributed by atoms with Gasteiger partial charge in [-0.15, -0.1) is 0 Å². The van der Waals surface area contributed by atoms with E-state index in [0.717, 1.165) is 44.3 Å². The van der Waals surface area contributed by atoms with Gasteiger partial charge in [0.2, 0.25) is 0 Å². The minimum absolute atomic E-state index is 0.0228. The molecule has 1 aromatic carbocycles. The van der Waals surface area contributed by atoms with Crippen molar-refractivity contribution in [2.24, 2.45) is 40.4 Å². The van der Waals surface area contributed by atoms with Crippen LogP contribution in [-0.2, 0) is 19.0 Å². The molecule has 5 saturated carbocycles.